The van der Waals surface area contributed by atoms with E-state index in [1.54, 1.807) is 37.1 Å². The highest BCUT2D eigenvalue weighted by atomic mass is 16.5. The van der Waals surface area contributed by atoms with Gasteiger partial charge in [-0.3, -0.25) is 15.1 Å². The predicted octanol–water partition coefficient (Wildman–Crippen LogP) is 3.77. The molecular weight excluding hydrogens is 440 g/mol. The van der Waals surface area contributed by atoms with Crippen LogP contribution < -0.4 is 15.4 Å². The van der Waals surface area contributed by atoms with Gasteiger partial charge in [-0.1, -0.05) is 30.3 Å². The molecule has 3 heterocycles. The molecule has 0 bridgehead atoms. The molecule has 1 aliphatic rings. The van der Waals surface area contributed by atoms with Crippen molar-refractivity contribution in [1.29, 1.82) is 0 Å². The summed E-state index contributed by atoms with van der Waals surface area (Å²) in [7, 11) is 1.54. The van der Waals surface area contributed by atoms with Gasteiger partial charge in [-0.25, -0.2) is 15.0 Å². The zero-order chi connectivity index (χ0) is 24.1. The predicted molar refractivity (Wildman–Crippen MR) is 133 cm³/mol. The molecule has 8 nitrogen and oxygen atoms in total. The monoisotopic (exact) mass is 466 g/mol. The molecule has 1 saturated carbocycles. The molecule has 0 saturated heterocycles. The number of nitrogens with one attached hydrogen (secondary N) is 2. The number of carbonyl (C=O) groups excluding carboxylic acids is 1. The molecule has 0 radical (unpaired) electrons. The Morgan fingerprint density at radius 2 is 1.71 bits per heavy atom. The lowest BCUT2D eigenvalue weighted by atomic mass is 10.0. The second-order valence-electron chi connectivity index (χ2n) is 8.55. The molecule has 1 amide bonds. The maximum absolute atomic E-state index is 13.7. The van der Waals surface area contributed by atoms with Crippen molar-refractivity contribution in [2.24, 2.45) is 0 Å². The zero-order valence-corrected chi connectivity index (χ0v) is 19.4. The summed E-state index contributed by atoms with van der Waals surface area (Å²) < 4.78 is 5.44. The van der Waals surface area contributed by atoms with E-state index in [4.69, 9.17) is 4.74 Å². The molecular formula is C27H26N6O2. The lowest BCUT2D eigenvalue weighted by Crippen LogP contribution is -2.48. The van der Waals surface area contributed by atoms with Gasteiger partial charge in [0.2, 0.25) is 11.8 Å². The van der Waals surface area contributed by atoms with Crippen molar-refractivity contribution in [2.75, 3.05) is 12.4 Å². The molecule has 1 atom stereocenters. The van der Waals surface area contributed by atoms with Crippen LogP contribution in [0.25, 0.3) is 11.1 Å². The lowest BCUT2D eigenvalue weighted by Gasteiger charge is -2.25. The van der Waals surface area contributed by atoms with Crippen LogP contribution in [0.2, 0.25) is 0 Å². The molecule has 1 aliphatic carbocycles. The van der Waals surface area contributed by atoms with Gasteiger partial charge in [0.25, 0.3) is 0 Å². The summed E-state index contributed by atoms with van der Waals surface area (Å²) in [5.41, 5.74) is 2.96. The van der Waals surface area contributed by atoms with Gasteiger partial charge < -0.3 is 10.1 Å². The van der Waals surface area contributed by atoms with E-state index < -0.39 is 11.6 Å². The van der Waals surface area contributed by atoms with Gasteiger partial charge in [0.05, 0.1) is 18.7 Å². The van der Waals surface area contributed by atoms with E-state index in [-0.39, 0.29) is 5.91 Å². The fourth-order valence-corrected chi connectivity index (χ4v) is 4.12. The van der Waals surface area contributed by atoms with Crippen molar-refractivity contribution in [3.63, 3.8) is 0 Å². The number of hydrogen-bond acceptors (Lipinski definition) is 7. The number of ether oxygens (including phenoxy) is 1. The van der Waals surface area contributed by atoms with Crippen LogP contribution in [0.4, 0.5) is 5.69 Å². The fourth-order valence-electron chi connectivity index (χ4n) is 4.12. The molecule has 0 spiro atoms. The Labute approximate surface area is 203 Å². The summed E-state index contributed by atoms with van der Waals surface area (Å²) >= 11 is 0. The SMILES string of the molecule is COc1ncc(-c2ccncc2)cc1NC(=O)[C@H](Cc1ccccc1)NC1(c2ncccn2)CC1. The van der Waals surface area contributed by atoms with Gasteiger partial charge in [-0.15, -0.1) is 0 Å². The van der Waals surface area contributed by atoms with Crippen molar-refractivity contribution in [1.82, 2.24) is 25.3 Å². The van der Waals surface area contributed by atoms with E-state index in [1.165, 1.54) is 7.11 Å². The van der Waals surface area contributed by atoms with Gasteiger partial charge in [-0.05, 0) is 54.7 Å². The normalized spacial score (nSPS) is 14.7. The van der Waals surface area contributed by atoms with Gasteiger partial charge in [0.15, 0.2) is 0 Å². The summed E-state index contributed by atoms with van der Waals surface area (Å²) in [6.45, 7) is 0. The topological polar surface area (TPSA) is 102 Å². The summed E-state index contributed by atoms with van der Waals surface area (Å²) in [5.74, 6) is 0.884. The van der Waals surface area contributed by atoms with Crippen LogP contribution in [0, 0.1) is 0 Å². The largest absolute Gasteiger partial charge is 0.480 e. The minimum atomic E-state index is -0.516. The van der Waals surface area contributed by atoms with Crippen LogP contribution in [-0.4, -0.2) is 39.0 Å². The van der Waals surface area contributed by atoms with Gasteiger partial charge in [-0.2, -0.15) is 0 Å². The number of pyridine rings is 2. The number of nitrogens with zero attached hydrogens (tertiary/aromatic N) is 4. The number of hydrogen-bond donors (Lipinski definition) is 2. The minimum Gasteiger partial charge on any atom is -0.480 e. The quantitative estimate of drug-likeness (QED) is 0.387. The van der Waals surface area contributed by atoms with Crippen LogP contribution in [0.3, 0.4) is 0 Å². The maximum Gasteiger partial charge on any atom is 0.242 e. The van der Waals surface area contributed by atoms with Crippen LogP contribution in [0.1, 0.15) is 24.2 Å². The average molecular weight is 467 g/mol. The third kappa shape index (κ3) is 5.17. The molecule has 1 aromatic carbocycles. The van der Waals surface area contributed by atoms with Crippen molar-refractivity contribution in [2.45, 2.75) is 30.8 Å². The number of anilines is 1. The summed E-state index contributed by atoms with van der Waals surface area (Å²) in [4.78, 5) is 31.0. The molecule has 0 unspecified atom stereocenters. The molecule has 35 heavy (non-hydrogen) atoms. The lowest BCUT2D eigenvalue weighted by molar-refractivity contribution is -0.118. The fraction of sp³-hybridized carbons (Fsp3) is 0.222. The number of carbonyl (C=O) groups is 1. The van der Waals surface area contributed by atoms with Crippen LogP contribution in [0.5, 0.6) is 5.88 Å². The average Bonchev–Trinajstić information content (AvgIpc) is 3.70. The van der Waals surface area contributed by atoms with E-state index in [0.29, 0.717) is 23.8 Å². The van der Waals surface area contributed by atoms with Crippen molar-refractivity contribution in [3.05, 3.63) is 97.0 Å². The Hall–Kier alpha value is -4.17. The summed E-state index contributed by atoms with van der Waals surface area (Å²) in [5, 5.41) is 6.61. The van der Waals surface area contributed by atoms with Gasteiger partial charge >= 0.3 is 0 Å². The third-order valence-corrected chi connectivity index (χ3v) is 6.11. The van der Waals surface area contributed by atoms with Crippen LogP contribution in [-0.2, 0) is 16.8 Å². The standard InChI is InChI=1S/C27H26N6O2/c1-35-25-23(17-21(18-31-25)20-8-14-28-15-9-20)32-24(34)22(16-19-6-3-2-4-7-19)33-27(10-11-27)26-29-12-5-13-30-26/h2-9,12-15,17-18,22,33H,10-11,16H2,1H3,(H,32,34)/t22-/m0/s1. The van der Waals surface area contributed by atoms with E-state index in [9.17, 15) is 4.79 Å². The Bertz CT molecular complexity index is 1280. The molecule has 8 heteroatoms. The van der Waals surface area contributed by atoms with Crippen LogP contribution in [0.15, 0.2) is 85.6 Å². The molecule has 4 aromatic rings. The molecule has 2 N–H and O–H groups in total. The summed E-state index contributed by atoms with van der Waals surface area (Å²) in [6, 6.07) is 16.9. The van der Waals surface area contributed by atoms with Crippen molar-refractivity contribution < 1.29 is 9.53 Å². The molecule has 1 fully saturated rings. The Morgan fingerprint density at radius 3 is 2.40 bits per heavy atom. The number of methoxy groups -OCH3 is 1. The number of rotatable bonds is 9. The maximum atomic E-state index is 13.7. The van der Waals surface area contributed by atoms with E-state index >= 15 is 0 Å². The van der Waals surface area contributed by atoms with E-state index in [0.717, 1.165) is 29.5 Å². The third-order valence-electron chi connectivity index (χ3n) is 6.11. The van der Waals surface area contributed by atoms with Gasteiger partial charge in [0, 0.05) is 36.5 Å². The first-order valence-corrected chi connectivity index (χ1v) is 11.5. The first-order valence-electron chi connectivity index (χ1n) is 11.5. The highest BCUT2D eigenvalue weighted by Crippen LogP contribution is 2.44. The minimum absolute atomic E-state index is 0.178. The zero-order valence-electron chi connectivity index (χ0n) is 19.4. The van der Waals surface area contributed by atoms with E-state index in [1.807, 2.05) is 48.5 Å². The molecule has 3 aromatic heterocycles. The van der Waals surface area contributed by atoms with E-state index in [2.05, 4.69) is 30.6 Å². The van der Waals surface area contributed by atoms with Crippen molar-refractivity contribution >= 4 is 11.6 Å². The van der Waals surface area contributed by atoms with Gasteiger partial charge in [0.1, 0.15) is 11.5 Å². The molecule has 5 rings (SSSR count). The highest BCUT2D eigenvalue weighted by Gasteiger charge is 2.49. The Kier molecular flexibility index (Phi) is 6.45. The Morgan fingerprint density at radius 1 is 0.971 bits per heavy atom. The first-order chi connectivity index (χ1) is 17.2. The second-order valence-corrected chi connectivity index (χ2v) is 8.55. The number of amides is 1. The molecule has 176 valence electrons. The van der Waals surface area contributed by atoms with Crippen molar-refractivity contribution in [3.8, 4) is 17.0 Å². The highest BCUT2D eigenvalue weighted by molar-refractivity contribution is 5.96. The first kappa shape index (κ1) is 22.6. The second kappa shape index (κ2) is 9.99. The number of benzene rings is 1. The Balaban J connectivity index is 1.43. The smallest absolute Gasteiger partial charge is 0.242 e. The summed E-state index contributed by atoms with van der Waals surface area (Å²) in [6.07, 6.45) is 10.9. The number of aromatic nitrogens is 4. The van der Waals surface area contributed by atoms with Crippen LogP contribution >= 0.6 is 0 Å². The molecule has 0 aliphatic heterocycles.